The van der Waals surface area contributed by atoms with E-state index in [9.17, 15) is 14.4 Å². The second-order valence-electron chi connectivity index (χ2n) is 8.30. The van der Waals surface area contributed by atoms with Gasteiger partial charge in [-0.2, -0.15) is 0 Å². The molecule has 0 saturated heterocycles. The number of fused-ring (bicyclic) bond motifs is 2. The van der Waals surface area contributed by atoms with Crippen LogP contribution in [0.25, 0.3) is 11.0 Å². The van der Waals surface area contributed by atoms with Crippen LogP contribution in [0.3, 0.4) is 0 Å². The highest BCUT2D eigenvalue weighted by molar-refractivity contribution is 5.97. The van der Waals surface area contributed by atoms with Gasteiger partial charge in [-0.05, 0) is 49.6 Å². The fraction of sp³-hybridized carbons (Fsp3) is 0.320. The summed E-state index contributed by atoms with van der Waals surface area (Å²) in [5.41, 5.74) is 3.09. The quantitative estimate of drug-likeness (QED) is 0.589. The summed E-state index contributed by atoms with van der Waals surface area (Å²) in [6.07, 6.45) is -0.414. The van der Waals surface area contributed by atoms with E-state index in [0.29, 0.717) is 22.6 Å². The number of carbonyl (C=O) groups excluding carboxylic acids is 2. The molecule has 166 valence electrons. The molecule has 1 aliphatic heterocycles. The lowest BCUT2D eigenvalue weighted by atomic mass is 10.0. The Hall–Kier alpha value is -3.61. The van der Waals surface area contributed by atoms with E-state index in [2.05, 4.69) is 0 Å². The lowest BCUT2D eigenvalue weighted by Gasteiger charge is -2.35. The SMILES string of the molecule is Cc1ccc2c(C)c(CCC(=O)N3C[C@H](C(=O)N(C)C)Oc4ccccc43)c(=O)oc2c1. The number of para-hydroxylation sites is 2. The zero-order valence-electron chi connectivity index (χ0n) is 18.7. The van der Waals surface area contributed by atoms with Crippen molar-refractivity contribution in [1.29, 1.82) is 0 Å². The van der Waals surface area contributed by atoms with E-state index in [1.807, 2.05) is 38.1 Å². The van der Waals surface area contributed by atoms with E-state index < -0.39 is 11.7 Å². The van der Waals surface area contributed by atoms with Crippen LogP contribution in [0.2, 0.25) is 0 Å². The Labute approximate surface area is 186 Å². The summed E-state index contributed by atoms with van der Waals surface area (Å²) in [7, 11) is 3.31. The Morgan fingerprint density at radius 3 is 2.62 bits per heavy atom. The predicted octanol–water partition coefficient (Wildman–Crippen LogP) is 3.22. The van der Waals surface area contributed by atoms with Crippen molar-refractivity contribution in [2.75, 3.05) is 25.5 Å². The minimum Gasteiger partial charge on any atom is -0.476 e. The van der Waals surface area contributed by atoms with E-state index in [4.69, 9.17) is 9.15 Å². The number of hydrogen-bond donors (Lipinski definition) is 0. The van der Waals surface area contributed by atoms with Crippen LogP contribution >= 0.6 is 0 Å². The fourth-order valence-electron chi connectivity index (χ4n) is 4.04. The lowest BCUT2D eigenvalue weighted by Crippen LogP contribution is -2.50. The molecule has 0 saturated carbocycles. The molecular formula is C25H26N2O5. The molecule has 0 bridgehead atoms. The topological polar surface area (TPSA) is 80.1 Å². The highest BCUT2D eigenvalue weighted by Crippen LogP contribution is 2.34. The molecule has 3 aromatic rings. The molecule has 32 heavy (non-hydrogen) atoms. The van der Waals surface area contributed by atoms with Gasteiger partial charge < -0.3 is 19.0 Å². The Morgan fingerprint density at radius 1 is 1.12 bits per heavy atom. The summed E-state index contributed by atoms with van der Waals surface area (Å²) in [4.78, 5) is 41.4. The molecule has 0 N–H and O–H groups in total. The third-order valence-electron chi connectivity index (χ3n) is 5.82. The maximum Gasteiger partial charge on any atom is 0.339 e. The molecule has 0 radical (unpaired) electrons. The molecule has 0 spiro atoms. The maximum atomic E-state index is 13.2. The van der Waals surface area contributed by atoms with E-state index >= 15 is 0 Å². The lowest BCUT2D eigenvalue weighted by molar-refractivity contribution is -0.136. The van der Waals surface area contributed by atoms with Crippen LogP contribution in [0, 0.1) is 13.8 Å². The number of likely N-dealkylation sites (N-methyl/N-ethyl adjacent to an activating group) is 1. The molecule has 1 atom stereocenters. The molecule has 0 fully saturated rings. The Balaban J connectivity index is 1.59. The van der Waals surface area contributed by atoms with Crippen LogP contribution in [-0.2, 0) is 16.0 Å². The monoisotopic (exact) mass is 434 g/mol. The summed E-state index contributed by atoms with van der Waals surface area (Å²) >= 11 is 0. The molecule has 2 heterocycles. The molecule has 7 heteroatoms. The van der Waals surface area contributed by atoms with E-state index in [-0.39, 0.29) is 31.2 Å². The normalized spacial score (nSPS) is 15.2. The van der Waals surface area contributed by atoms with Gasteiger partial charge in [0.1, 0.15) is 11.3 Å². The van der Waals surface area contributed by atoms with E-state index in [1.54, 1.807) is 37.2 Å². The summed E-state index contributed by atoms with van der Waals surface area (Å²) in [6.45, 7) is 3.94. The minimum atomic E-state index is -0.778. The van der Waals surface area contributed by atoms with Gasteiger partial charge in [0.15, 0.2) is 6.10 Å². The van der Waals surface area contributed by atoms with E-state index in [0.717, 1.165) is 16.5 Å². The molecule has 4 rings (SSSR count). The van der Waals surface area contributed by atoms with Crippen molar-refractivity contribution in [2.24, 2.45) is 0 Å². The van der Waals surface area contributed by atoms with Gasteiger partial charge in [0.2, 0.25) is 5.91 Å². The highest BCUT2D eigenvalue weighted by atomic mass is 16.5. The molecule has 0 aliphatic carbocycles. The first-order valence-electron chi connectivity index (χ1n) is 10.6. The molecule has 1 aliphatic rings. The number of ether oxygens (including phenoxy) is 1. The number of aryl methyl sites for hydroxylation is 2. The minimum absolute atomic E-state index is 0.111. The van der Waals surface area contributed by atoms with Gasteiger partial charge in [-0.1, -0.05) is 24.3 Å². The Kier molecular flexibility index (Phi) is 5.74. The first-order valence-corrected chi connectivity index (χ1v) is 10.6. The third-order valence-corrected chi connectivity index (χ3v) is 5.82. The summed E-state index contributed by atoms with van der Waals surface area (Å²) in [6, 6.07) is 12.9. The van der Waals surface area contributed by atoms with Crippen molar-refractivity contribution in [3.63, 3.8) is 0 Å². The highest BCUT2D eigenvalue weighted by Gasteiger charge is 2.34. The second kappa shape index (κ2) is 8.49. The van der Waals surface area contributed by atoms with Crippen LogP contribution in [0.1, 0.15) is 23.1 Å². The number of carbonyl (C=O) groups is 2. The van der Waals surface area contributed by atoms with Crippen molar-refractivity contribution < 1.29 is 18.7 Å². The van der Waals surface area contributed by atoms with Gasteiger partial charge in [0.25, 0.3) is 5.91 Å². The van der Waals surface area contributed by atoms with Crippen LogP contribution in [0.15, 0.2) is 51.7 Å². The Morgan fingerprint density at radius 2 is 1.88 bits per heavy atom. The average molecular weight is 434 g/mol. The second-order valence-corrected chi connectivity index (χ2v) is 8.30. The number of nitrogens with zero attached hydrogens (tertiary/aromatic N) is 2. The van der Waals surface area contributed by atoms with Crippen LogP contribution in [-0.4, -0.2) is 43.5 Å². The fourth-order valence-corrected chi connectivity index (χ4v) is 4.04. The smallest absolute Gasteiger partial charge is 0.339 e. The van der Waals surface area contributed by atoms with Gasteiger partial charge in [-0.15, -0.1) is 0 Å². The number of hydrogen-bond acceptors (Lipinski definition) is 5. The van der Waals surface area contributed by atoms with E-state index in [1.165, 1.54) is 4.90 Å². The van der Waals surface area contributed by atoms with Crippen LogP contribution in [0.5, 0.6) is 5.75 Å². The first kappa shape index (κ1) is 21.6. The van der Waals surface area contributed by atoms with Crippen LogP contribution in [0.4, 0.5) is 5.69 Å². The molecular weight excluding hydrogens is 408 g/mol. The van der Waals surface area contributed by atoms with Crippen molar-refractivity contribution in [2.45, 2.75) is 32.8 Å². The van der Waals surface area contributed by atoms with Crippen molar-refractivity contribution in [1.82, 2.24) is 4.90 Å². The third kappa shape index (κ3) is 3.98. The standard InChI is InChI=1S/C25H26N2O5/c1-15-9-10-17-16(2)18(25(30)32-21(17)13-15)11-12-23(28)27-14-22(24(29)26(3)4)31-20-8-6-5-7-19(20)27/h5-10,13,22H,11-12,14H2,1-4H3/t22-/m1/s1. The van der Waals surface area contributed by atoms with Crippen molar-refractivity contribution in [3.05, 3.63) is 69.6 Å². The number of amides is 2. The zero-order chi connectivity index (χ0) is 23.0. The van der Waals surface area contributed by atoms with Gasteiger partial charge in [0.05, 0.1) is 12.2 Å². The first-order chi connectivity index (χ1) is 15.3. The summed E-state index contributed by atoms with van der Waals surface area (Å²) in [5, 5.41) is 0.867. The summed E-state index contributed by atoms with van der Waals surface area (Å²) < 4.78 is 11.4. The predicted molar refractivity (Wildman–Crippen MR) is 122 cm³/mol. The zero-order valence-corrected chi connectivity index (χ0v) is 18.7. The molecule has 1 aromatic heterocycles. The number of anilines is 1. The van der Waals surface area contributed by atoms with Gasteiger partial charge in [-0.25, -0.2) is 4.79 Å². The van der Waals surface area contributed by atoms with Gasteiger partial charge in [0, 0.05) is 31.5 Å². The molecule has 0 unspecified atom stereocenters. The Bertz CT molecular complexity index is 1260. The number of rotatable bonds is 4. The number of benzene rings is 2. The molecule has 2 amide bonds. The largest absolute Gasteiger partial charge is 0.476 e. The van der Waals surface area contributed by atoms with Crippen molar-refractivity contribution >= 4 is 28.5 Å². The van der Waals surface area contributed by atoms with Crippen molar-refractivity contribution in [3.8, 4) is 5.75 Å². The van der Waals surface area contributed by atoms with Crippen LogP contribution < -0.4 is 15.3 Å². The van der Waals surface area contributed by atoms with Gasteiger partial charge >= 0.3 is 5.63 Å². The maximum absolute atomic E-state index is 13.2. The molecule has 2 aromatic carbocycles. The molecule has 7 nitrogen and oxygen atoms in total. The average Bonchev–Trinajstić information content (AvgIpc) is 2.77. The summed E-state index contributed by atoms with van der Waals surface area (Å²) in [5.74, 6) is 0.0998. The van der Waals surface area contributed by atoms with Gasteiger partial charge in [-0.3, -0.25) is 9.59 Å².